The van der Waals surface area contributed by atoms with Crippen molar-refractivity contribution in [3.63, 3.8) is 0 Å². The highest BCUT2D eigenvalue weighted by molar-refractivity contribution is 5.77. The summed E-state index contributed by atoms with van der Waals surface area (Å²) in [5, 5.41) is 0. The van der Waals surface area contributed by atoms with Crippen molar-refractivity contribution in [1.82, 2.24) is 4.90 Å². The summed E-state index contributed by atoms with van der Waals surface area (Å²) in [5.41, 5.74) is 2.28. The Morgan fingerprint density at radius 1 is 0.909 bits per heavy atom. The van der Waals surface area contributed by atoms with E-state index in [1.807, 2.05) is 36.4 Å². The molecule has 2 saturated heterocycles. The Labute approximate surface area is 130 Å². The molecule has 112 valence electrons. The predicted octanol–water partition coefficient (Wildman–Crippen LogP) is 3.49. The number of cyclic esters (lactones) is 1. The van der Waals surface area contributed by atoms with Crippen LogP contribution in [-0.4, -0.2) is 23.5 Å². The van der Waals surface area contributed by atoms with Crippen LogP contribution in [0, 0.1) is 0 Å². The van der Waals surface area contributed by atoms with Gasteiger partial charge in [-0.1, -0.05) is 60.7 Å². The molecule has 3 nitrogen and oxygen atoms in total. The Kier molecular flexibility index (Phi) is 3.43. The Morgan fingerprint density at radius 3 is 2.23 bits per heavy atom. The highest BCUT2D eigenvalue weighted by atomic mass is 16.6. The summed E-state index contributed by atoms with van der Waals surface area (Å²) in [5.74, 6) is -0.0708. The quantitative estimate of drug-likeness (QED) is 0.627. The fraction of sp³-hybridized carbons (Fsp3) is 0.316. The van der Waals surface area contributed by atoms with Crippen LogP contribution in [0.4, 0.5) is 0 Å². The van der Waals surface area contributed by atoms with E-state index in [2.05, 4.69) is 29.2 Å². The van der Waals surface area contributed by atoms with Gasteiger partial charge in [0, 0.05) is 0 Å². The smallest absolute Gasteiger partial charge is 0.324 e. The fourth-order valence-corrected chi connectivity index (χ4v) is 3.73. The summed E-state index contributed by atoms with van der Waals surface area (Å²) in [6, 6.07) is 20.5. The Balaban J connectivity index is 1.79. The third-order valence-corrected chi connectivity index (χ3v) is 4.72. The minimum atomic E-state index is -0.231. The van der Waals surface area contributed by atoms with E-state index in [4.69, 9.17) is 4.74 Å². The van der Waals surface area contributed by atoms with E-state index >= 15 is 0 Å². The minimum Gasteiger partial charge on any atom is -0.454 e. The van der Waals surface area contributed by atoms with Crippen LogP contribution in [0.25, 0.3) is 0 Å². The van der Waals surface area contributed by atoms with E-state index < -0.39 is 0 Å². The molecule has 0 amide bonds. The Hall–Kier alpha value is -2.13. The molecule has 4 rings (SSSR count). The SMILES string of the molecule is O=[13C]1O[C@H](c2ccccc2)[C@H](c2ccccc2)N2CC[13CH2][C@@H]12. The number of nitrogens with zero attached hydrogens (tertiary/aromatic N) is 1. The van der Waals surface area contributed by atoms with Gasteiger partial charge in [0.15, 0.2) is 0 Å². The number of carbonyl (C=O) groups excluding carboxylic acids is 1. The number of esters is 1. The Morgan fingerprint density at radius 2 is 1.55 bits per heavy atom. The van der Waals surface area contributed by atoms with Gasteiger partial charge in [0.2, 0.25) is 0 Å². The van der Waals surface area contributed by atoms with E-state index in [1.54, 1.807) is 0 Å². The maximum Gasteiger partial charge on any atom is 0.324 e. The molecule has 0 spiro atoms. The molecule has 2 aliphatic rings. The number of hydrogen-bond donors (Lipinski definition) is 0. The molecular weight excluding hydrogens is 276 g/mol. The van der Waals surface area contributed by atoms with Crippen molar-refractivity contribution in [3.05, 3.63) is 71.8 Å². The van der Waals surface area contributed by atoms with Gasteiger partial charge < -0.3 is 4.74 Å². The van der Waals surface area contributed by atoms with Crippen molar-refractivity contribution < 1.29 is 9.53 Å². The average molecular weight is 295 g/mol. The summed E-state index contributed by atoms with van der Waals surface area (Å²) in [4.78, 5) is 14.7. The van der Waals surface area contributed by atoms with Crippen LogP contribution in [0.1, 0.15) is 36.1 Å². The number of rotatable bonds is 2. The summed E-state index contributed by atoms with van der Waals surface area (Å²) < 4.78 is 5.87. The molecule has 2 aromatic carbocycles. The van der Waals surface area contributed by atoms with Crippen LogP contribution in [0.2, 0.25) is 0 Å². The molecule has 0 unspecified atom stereocenters. The van der Waals surface area contributed by atoms with Crippen LogP contribution in [-0.2, 0) is 9.53 Å². The second-order valence-electron chi connectivity index (χ2n) is 6.02. The van der Waals surface area contributed by atoms with Gasteiger partial charge in [-0.2, -0.15) is 0 Å². The van der Waals surface area contributed by atoms with Gasteiger partial charge in [-0.25, -0.2) is 0 Å². The number of carbonyl (C=O) groups is 1. The molecule has 2 aromatic rings. The first-order valence-electron chi connectivity index (χ1n) is 7.91. The van der Waals surface area contributed by atoms with Gasteiger partial charge in [-0.3, -0.25) is 9.69 Å². The van der Waals surface area contributed by atoms with E-state index in [0.717, 1.165) is 24.9 Å². The minimum absolute atomic E-state index is 0.0708. The zero-order valence-corrected chi connectivity index (χ0v) is 12.4. The molecule has 0 saturated carbocycles. The summed E-state index contributed by atoms with van der Waals surface area (Å²) >= 11 is 0. The van der Waals surface area contributed by atoms with Crippen molar-refractivity contribution >= 4 is 5.97 Å². The first kappa shape index (κ1) is 13.5. The van der Waals surface area contributed by atoms with E-state index in [9.17, 15) is 4.79 Å². The zero-order chi connectivity index (χ0) is 14.9. The molecule has 3 atom stereocenters. The number of morpholine rings is 1. The highest BCUT2D eigenvalue weighted by Gasteiger charge is 2.47. The monoisotopic (exact) mass is 295 g/mol. The molecule has 2 heterocycles. The number of hydrogen-bond acceptors (Lipinski definition) is 3. The lowest BCUT2D eigenvalue weighted by molar-refractivity contribution is -0.172. The van der Waals surface area contributed by atoms with Crippen LogP contribution in [0.15, 0.2) is 60.7 Å². The molecule has 2 aliphatic heterocycles. The topological polar surface area (TPSA) is 29.5 Å². The summed E-state index contributed by atoms with van der Waals surface area (Å²) in [6.45, 7) is 0.961. The van der Waals surface area contributed by atoms with Gasteiger partial charge in [-0.15, -0.1) is 0 Å². The number of fused-ring (bicyclic) bond motifs is 1. The number of benzene rings is 2. The molecule has 0 radical (unpaired) electrons. The lowest BCUT2D eigenvalue weighted by Crippen LogP contribution is -2.48. The molecule has 0 aliphatic carbocycles. The van der Waals surface area contributed by atoms with Crippen molar-refractivity contribution in [2.75, 3.05) is 6.54 Å². The maximum atomic E-state index is 12.4. The van der Waals surface area contributed by atoms with Gasteiger partial charge in [0.05, 0.1) is 6.04 Å². The van der Waals surface area contributed by atoms with E-state index in [0.29, 0.717) is 0 Å². The van der Waals surface area contributed by atoms with Crippen LogP contribution >= 0.6 is 0 Å². The van der Waals surface area contributed by atoms with Crippen LogP contribution < -0.4 is 0 Å². The van der Waals surface area contributed by atoms with Crippen molar-refractivity contribution in [3.8, 4) is 0 Å². The largest absolute Gasteiger partial charge is 0.454 e. The molecule has 2 fully saturated rings. The van der Waals surface area contributed by atoms with E-state index in [1.165, 1.54) is 5.56 Å². The third kappa shape index (κ3) is 2.22. The first-order chi connectivity index (χ1) is 10.8. The molecule has 0 aromatic heterocycles. The fourth-order valence-electron chi connectivity index (χ4n) is 3.73. The molecule has 0 bridgehead atoms. The van der Waals surface area contributed by atoms with Crippen LogP contribution in [0.5, 0.6) is 0 Å². The average Bonchev–Trinajstić information content (AvgIpc) is 3.06. The van der Waals surface area contributed by atoms with E-state index in [-0.39, 0.29) is 24.2 Å². The van der Waals surface area contributed by atoms with Crippen LogP contribution in [0.3, 0.4) is 0 Å². The highest BCUT2D eigenvalue weighted by Crippen LogP contribution is 2.44. The molecule has 3 heteroatoms. The third-order valence-electron chi connectivity index (χ3n) is 4.72. The summed E-state index contributed by atoms with van der Waals surface area (Å²) in [7, 11) is 0. The lowest BCUT2D eigenvalue weighted by Gasteiger charge is -2.42. The zero-order valence-electron chi connectivity index (χ0n) is 12.4. The standard InChI is InChI=1S/C19H19NO2/c21-19-16-12-7-13-20(16)17(14-8-3-1-4-9-14)18(22-19)15-10-5-2-6-11-15/h1-6,8-11,16-18H,7,12-13H2/t16-,17-,18+/m0/s1/i12+1,19+1. The Bertz CT molecular complexity index is 656. The van der Waals surface area contributed by atoms with Gasteiger partial charge in [0.25, 0.3) is 0 Å². The van der Waals surface area contributed by atoms with Crippen molar-refractivity contribution in [2.24, 2.45) is 0 Å². The summed E-state index contributed by atoms with van der Waals surface area (Å²) in [6.07, 6.45) is 1.74. The molecule has 0 N–H and O–H groups in total. The van der Waals surface area contributed by atoms with Crippen molar-refractivity contribution in [1.29, 1.82) is 0 Å². The lowest BCUT2D eigenvalue weighted by atomic mass is 9.93. The second kappa shape index (κ2) is 5.58. The van der Waals surface area contributed by atoms with Gasteiger partial charge in [0.1, 0.15) is 12.1 Å². The number of ether oxygens (including phenoxy) is 1. The normalized spacial score (nSPS) is 28.2. The maximum absolute atomic E-state index is 12.4. The first-order valence-corrected chi connectivity index (χ1v) is 7.91. The van der Waals surface area contributed by atoms with Crippen molar-refractivity contribution in [2.45, 2.75) is 31.0 Å². The molecule has 22 heavy (non-hydrogen) atoms. The van der Waals surface area contributed by atoms with Gasteiger partial charge in [-0.05, 0) is 30.5 Å². The molecular formula is C19H19NO2. The second-order valence-corrected chi connectivity index (χ2v) is 6.02. The predicted molar refractivity (Wildman–Crippen MR) is 84.2 cm³/mol. The van der Waals surface area contributed by atoms with Gasteiger partial charge >= 0.3 is 5.97 Å².